The molecule has 6 nitrogen and oxygen atoms in total. The molecule has 0 saturated carbocycles. The fourth-order valence-electron chi connectivity index (χ4n) is 1.48. The summed E-state index contributed by atoms with van der Waals surface area (Å²) in [4.78, 5) is 16.4. The summed E-state index contributed by atoms with van der Waals surface area (Å²) in [5.74, 6) is 0.844. The number of hydrogen-bond donors (Lipinski definition) is 2. The number of pyridine rings is 1. The number of aromatic nitrogens is 4. The summed E-state index contributed by atoms with van der Waals surface area (Å²) >= 11 is 5.88. The van der Waals surface area contributed by atoms with Crippen molar-refractivity contribution < 1.29 is 0 Å². The van der Waals surface area contributed by atoms with Crippen LogP contribution >= 0.6 is 11.6 Å². The van der Waals surface area contributed by atoms with Crippen molar-refractivity contribution in [3.8, 4) is 0 Å². The van der Waals surface area contributed by atoms with Crippen LogP contribution < -0.4 is 10.6 Å². The smallest absolute Gasteiger partial charge is 0.233 e. The lowest BCUT2D eigenvalue weighted by Crippen LogP contribution is -2.14. The van der Waals surface area contributed by atoms with Gasteiger partial charge in [0, 0.05) is 23.6 Å². The van der Waals surface area contributed by atoms with E-state index >= 15 is 0 Å². The van der Waals surface area contributed by atoms with Gasteiger partial charge >= 0.3 is 0 Å². The highest BCUT2D eigenvalue weighted by atomic mass is 35.5. The highest BCUT2D eigenvalue weighted by Crippen LogP contribution is 2.16. The Labute approximate surface area is 116 Å². The van der Waals surface area contributed by atoms with Gasteiger partial charge in [-0.3, -0.25) is 4.98 Å². The molecule has 2 rings (SSSR count). The van der Waals surface area contributed by atoms with Gasteiger partial charge in [-0.1, -0.05) is 0 Å². The first kappa shape index (κ1) is 13.5. The molecular weight excluding hydrogens is 264 g/mol. The first-order valence-corrected chi connectivity index (χ1v) is 6.28. The minimum atomic E-state index is 0.145. The summed E-state index contributed by atoms with van der Waals surface area (Å²) in [6, 6.07) is 3.95. The third-order valence-corrected chi connectivity index (χ3v) is 2.35. The van der Waals surface area contributed by atoms with Gasteiger partial charge in [0.05, 0.1) is 0 Å². The Balaban J connectivity index is 2.22. The van der Waals surface area contributed by atoms with Crippen LogP contribution in [0.2, 0.25) is 5.28 Å². The number of rotatable bonds is 4. The van der Waals surface area contributed by atoms with Crippen molar-refractivity contribution in [1.29, 1.82) is 0 Å². The zero-order valence-electron chi connectivity index (χ0n) is 11.0. The normalized spacial score (nSPS) is 10.6. The van der Waals surface area contributed by atoms with Gasteiger partial charge in [0.2, 0.25) is 17.2 Å². The van der Waals surface area contributed by atoms with E-state index in [1.807, 2.05) is 32.9 Å². The molecule has 0 atom stereocenters. The SMILES string of the molecule is Cc1cc(Nc2nc(Cl)nc(NC(C)C)n2)ccn1. The van der Waals surface area contributed by atoms with E-state index in [0.29, 0.717) is 11.9 Å². The fourth-order valence-corrected chi connectivity index (χ4v) is 1.64. The number of aryl methyl sites for hydroxylation is 1. The van der Waals surface area contributed by atoms with E-state index in [-0.39, 0.29) is 11.3 Å². The Morgan fingerprint density at radius 2 is 1.89 bits per heavy atom. The summed E-state index contributed by atoms with van der Waals surface area (Å²) in [7, 11) is 0. The monoisotopic (exact) mass is 278 g/mol. The van der Waals surface area contributed by atoms with Gasteiger partial charge in [-0.05, 0) is 44.5 Å². The molecule has 2 aromatic rings. The molecule has 2 heterocycles. The molecule has 0 aliphatic rings. The Hall–Kier alpha value is -1.95. The number of halogens is 1. The predicted molar refractivity (Wildman–Crippen MR) is 75.9 cm³/mol. The summed E-state index contributed by atoms with van der Waals surface area (Å²) < 4.78 is 0. The molecule has 2 aromatic heterocycles. The average molecular weight is 279 g/mol. The molecule has 19 heavy (non-hydrogen) atoms. The second kappa shape index (κ2) is 5.79. The maximum absolute atomic E-state index is 5.88. The first-order valence-electron chi connectivity index (χ1n) is 5.91. The molecule has 0 radical (unpaired) electrons. The van der Waals surface area contributed by atoms with Crippen molar-refractivity contribution in [1.82, 2.24) is 19.9 Å². The van der Waals surface area contributed by atoms with Crippen LogP contribution in [0.3, 0.4) is 0 Å². The molecule has 0 aromatic carbocycles. The van der Waals surface area contributed by atoms with Crippen LogP contribution in [0, 0.1) is 6.92 Å². The topological polar surface area (TPSA) is 75.6 Å². The van der Waals surface area contributed by atoms with E-state index in [1.165, 1.54) is 0 Å². The minimum Gasteiger partial charge on any atom is -0.352 e. The van der Waals surface area contributed by atoms with Crippen LogP contribution in [0.25, 0.3) is 0 Å². The number of anilines is 3. The van der Waals surface area contributed by atoms with Gasteiger partial charge in [-0.15, -0.1) is 0 Å². The molecule has 0 unspecified atom stereocenters. The molecule has 0 aliphatic heterocycles. The van der Waals surface area contributed by atoms with Crippen molar-refractivity contribution in [2.75, 3.05) is 10.6 Å². The van der Waals surface area contributed by atoms with Crippen molar-refractivity contribution in [2.45, 2.75) is 26.8 Å². The van der Waals surface area contributed by atoms with E-state index in [0.717, 1.165) is 11.4 Å². The van der Waals surface area contributed by atoms with Gasteiger partial charge in [0.25, 0.3) is 0 Å². The maximum atomic E-state index is 5.88. The molecule has 0 spiro atoms. The zero-order chi connectivity index (χ0) is 13.8. The van der Waals surface area contributed by atoms with Crippen LogP contribution in [0.15, 0.2) is 18.3 Å². The summed E-state index contributed by atoms with van der Waals surface area (Å²) in [6.45, 7) is 5.91. The molecule has 0 saturated heterocycles. The lowest BCUT2D eigenvalue weighted by molar-refractivity contribution is 0.868. The van der Waals surface area contributed by atoms with Crippen molar-refractivity contribution in [2.24, 2.45) is 0 Å². The molecule has 7 heteroatoms. The zero-order valence-corrected chi connectivity index (χ0v) is 11.7. The minimum absolute atomic E-state index is 0.145. The Morgan fingerprint density at radius 3 is 2.58 bits per heavy atom. The summed E-state index contributed by atoms with van der Waals surface area (Å²) in [5.41, 5.74) is 1.76. The van der Waals surface area contributed by atoms with Crippen molar-refractivity contribution in [3.63, 3.8) is 0 Å². The third-order valence-electron chi connectivity index (χ3n) is 2.18. The Bertz CT molecular complexity index is 572. The van der Waals surface area contributed by atoms with E-state index < -0.39 is 0 Å². The molecular formula is C12H15ClN6. The standard InChI is InChI=1S/C12H15ClN6/c1-7(2)15-11-17-10(13)18-12(19-11)16-9-4-5-14-8(3)6-9/h4-7H,1-3H3,(H2,14,15,16,17,18,19). The third kappa shape index (κ3) is 4.03. The van der Waals surface area contributed by atoms with Crippen LogP contribution in [-0.4, -0.2) is 26.0 Å². The molecule has 0 aliphatic carbocycles. The second-order valence-corrected chi connectivity index (χ2v) is 4.70. The molecule has 0 fully saturated rings. The van der Waals surface area contributed by atoms with Gasteiger partial charge in [0.15, 0.2) is 0 Å². The van der Waals surface area contributed by atoms with Crippen LogP contribution in [0.5, 0.6) is 0 Å². The quantitative estimate of drug-likeness (QED) is 0.896. The van der Waals surface area contributed by atoms with Crippen LogP contribution in [0.4, 0.5) is 17.6 Å². The van der Waals surface area contributed by atoms with Gasteiger partial charge in [-0.2, -0.15) is 15.0 Å². The highest BCUT2D eigenvalue weighted by Gasteiger charge is 2.06. The largest absolute Gasteiger partial charge is 0.352 e. The van der Waals surface area contributed by atoms with E-state index in [9.17, 15) is 0 Å². The van der Waals surface area contributed by atoms with Crippen LogP contribution in [-0.2, 0) is 0 Å². The van der Waals surface area contributed by atoms with Gasteiger partial charge in [0.1, 0.15) is 0 Å². The Morgan fingerprint density at radius 1 is 1.16 bits per heavy atom. The summed E-state index contributed by atoms with van der Waals surface area (Å²) in [5, 5.41) is 6.30. The highest BCUT2D eigenvalue weighted by molar-refractivity contribution is 6.28. The second-order valence-electron chi connectivity index (χ2n) is 4.36. The first-order chi connectivity index (χ1) is 9.02. The van der Waals surface area contributed by atoms with Crippen molar-refractivity contribution in [3.05, 3.63) is 29.3 Å². The Kier molecular flexibility index (Phi) is 4.11. The number of nitrogens with one attached hydrogen (secondary N) is 2. The lowest BCUT2D eigenvalue weighted by Gasteiger charge is -2.10. The molecule has 2 N–H and O–H groups in total. The number of nitrogens with zero attached hydrogens (tertiary/aromatic N) is 4. The summed E-state index contributed by atoms with van der Waals surface area (Å²) in [6.07, 6.45) is 1.72. The van der Waals surface area contributed by atoms with Gasteiger partial charge in [-0.25, -0.2) is 0 Å². The van der Waals surface area contributed by atoms with Crippen LogP contribution in [0.1, 0.15) is 19.5 Å². The predicted octanol–water partition coefficient (Wildman–Crippen LogP) is 2.79. The average Bonchev–Trinajstić information content (AvgIpc) is 2.26. The molecule has 0 amide bonds. The van der Waals surface area contributed by atoms with E-state index in [2.05, 4.69) is 30.6 Å². The fraction of sp³-hybridized carbons (Fsp3) is 0.333. The van der Waals surface area contributed by atoms with Gasteiger partial charge < -0.3 is 10.6 Å². The van der Waals surface area contributed by atoms with E-state index in [4.69, 9.17) is 11.6 Å². The molecule has 100 valence electrons. The molecule has 0 bridgehead atoms. The lowest BCUT2D eigenvalue weighted by atomic mass is 10.3. The van der Waals surface area contributed by atoms with Crippen molar-refractivity contribution >= 4 is 29.2 Å². The maximum Gasteiger partial charge on any atom is 0.233 e. The van der Waals surface area contributed by atoms with E-state index in [1.54, 1.807) is 6.20 Å². The number of hydrogen-bond acceptors (Lipinski definition) is 6.